The molecule has 0 aromatic heterocycles. The van der Waals surface area contributed by atoms with Crippen molar-refractivity contribution in [2.24, 2.45) is 0 Å². The molecule has 0 aliphatic carbocycles. The molecule has 0 aliphatic heterocycles. The van der Waals surface area contributed by atoms with Crippen LogP contribution in [-0.2, 0) is 15.8 Å². The molecule has 8 nitrogen and oxygen atoms in total. The van der Waals surface area contributed by atoms with E-state index < -0.39 is 28.3 Å². The number of carbonyl (C=O) groups is 2. The van der Waals surface area contributed by atoms with Crippen LogP contribution >= 0.6 is 0 Å². The second-order valence-electron chi connectivity index (χ2n) is 6.28. The van der Waals surface area contributed by atoms with Crippen molar-refractivity contribution < 1.29 is 27.7 Å². The molecule has 0 saturated heterocycles. The van der Waals surface area contributed by atoms with Gasteiger partial charge in [-0.05, 0) is 43.3 Å². The molecule has 30 heavy (non-hydrogen) atoms. The summed E-state index contributed by atoms with van der Waals surface area (Å²) in [6.45, 7) is 2.94. The quantitative estimate of drug-likeness (QED) is 0.516. The molecule has 11 heteroatoms. The van der Waals surface area contributed by atoms with Crippen LogP contribution in [0.25, 0.3) is 0 Å². The Balaban J connectivity index is 2.15. The van der Waals surface area contributed by atoms with Gasteiger partial charge in [0.05, 0.1) is 11.5 Å². The average Bonchev–Trinajstić information content (AvgIpc) is 2.66. The highest BCUT2D eigenvalue weighted by Crippen LogP contribution is 2.38. The van der Waals surface area contributed by atoms with Gasteiger partial charge >= 0.3 is 6.18 Å². The third-order valence-corrected chi connectivity index (χ3v) is 4.05. The van der Waals surface area contributed by atoms with Crippen LogP contribution in [-0.4, -0.2) is 29.8 Å². The lowest BCUT2D eigenvalue weighted by Crippen LogP contribution is -2.33. The second kappa shape index (κ2) is 9.25. The van der Waals surface area contributed by atoms with E-state index in [1.807, 2.05) is 0 Å². The fourth-order valence-electron chi connectivity index (χ4n) is 2.71. The van der Waals surface area contributed by atoms with Crippen LogP contribution in [0.15, 0.2) is 42.5 Å². The Hall–Kier alpha value is -3.63. The number of anilines is 3. The number of likely N-dealkylation sites (N-methyl/N-ethyl adjacent to an activating group) is 1. The zero-order chi connectivity index (χ0) is 22.5. The number of halogens is 3. The maximum atomic E-state index is 13.2. The molecule has 0 bridgehead atoms. The van der Waals surface area contributed by atoms with E-state index in [1.165, 1.54) is 17.9 Å². The topological polar surface area (TPSA) is 105 Å². The normalized spacial score (nSPS) is 11.0. The first-order valence-electron chi connectivity index (χ1n) is 8.79. The van der Waals surface area contributed by atoms with Crippen molar-refractivity contribution >= 4 is 34.6 Å². The van der Waals surface area contributed by atoms with Gasteiger partial charge in [0.2, 0.25) is 11.8 Å². The molecule has 0 atom stereocenters. The molecular formula is C19H19F3N4O4. The Morgan fingerprint density at radius 2 is 1.63 bits per heavy atom. The number of nitro benzene ring substituents is 1. The number of nitrogens with zero attached hydrogens (tertiary/aromatic N) is 2. The Labute approximate surface area is 169 Å². The second-order valence-corrected chi connectivity index (χ2v) is 6.28. The molecule has 2 amide bonds. The van der Waals surface area contributed by atoms with Crippen molar-refractivity contribution in [3.63, 3.8) is 0 Å². The van der Waals surface area contributed by atoms with E-state index in [4.69, 9.17) is 0 Å². The molecule has 0 unspecified atom stereocenters. The fourth-order valence-corrected chi connectivity index (χ4v) is 2.71. The standard InChI is InChI=1S/C19H19F3N4O4/c1-3-25(15-8-9-17(26(29)30)16(10-15)19(20,21)22)11-18(28)24-14-6-4-13(5-7-14)23-12(2)27/h4-10H,3,11H2,1-2H3,(H,23,27)(H,24,28). The first-order chi connectivity index (χ1) is 14.0. The number of hydrogen-bond donors (Lipinski definition) is 2. The van der Waals surface area contributed by atoms with Crippen LogP contribution in [0, 0.1) is 10.1 Å². The third kappa shape index (κ3) is 5.93. The summed E-state index contributed by atoms with van der Waals surface area (Å²) in [6.07, 6.45) is -4.91. The summed E-state index contributed by atoms with van der Waals surface area (Å²) in [5, 5.41) is 16.1. The van der Waals surface area contributed by atoms with Crippen molar-refractivity contribution in [2.75, 3.05) is 28.6 Å². The predicted octanol–water partition coefficient (Wildman–Crippen LogP) is 4.04. The minimum Gasteiger partial charge on any atom is -0.362 e. The maximum Gasteiger partial charge on any atom is 0.423 e. The molecule has 0 radical (unpaired) electrons. The molecule has 2 aromatic carbocycles. The zero-order valence-electron chi connectivity index (χ0n) is 16.1. The Kier molecular flexibility index (Phi) is 6.98. The van der Waals surface area contributed by atoms with Crippen molar-refractivity contribution in [1.82, 2.24) is 0 Å². The number of alkyl halides is 3. The summed E-state index contributed by atoms with van der Waals surface area (Å²) in [4.78, 5) is 34.5. The monoisotopic (exact) mass is 424 g/mol. The minimum absolute atomic E-state index is 0.0339. The van der Waals surface area contributed by atoms with Gasteiger partial charge in [-0.25, -0.2) is 0 Å². The van der Waals surface area contributed by atoms with Crippen molar-refractivity contribution in [1.29, 1.82) is 0 Å². The maximum absolute atomic E-state index is 13.2. The van der Waals surface area contributed by atoms with Gasteiger partial charge in [-0.1, -0.05) is 0 Å². The molecule has 0 heterocycles. The summed E-state index contributed by atoms with van der Waals surface area (Å²) < 4.78 is 39.6. The molecule has 160 valence electrons. The van der Waals surface area contributed by atoms with Gasteiger partial charge in [-0.15, -0.1) is 0 Å². The number of rotatable bonds is 7. The Morgan fingerprint density at radius 1 is 1.07 bits per heavy atom. The lowest BCUT2D eigenvalue weighted by Gasteiger charge is -2.23. The first-order valence-corrected chi connectivity index (χ1v) is 8.79. The van der Waals surface area contributed by atoms with Crippen LogP contribution in [0.1, 0.15) is 19.4 Å². The number of carbonyl (C=O) groups excluding carboxylic acids is 2. The smallest absolute Gasteiger partial charge is 0.362 e. The van der Waals surface area contributed by atoms with E-state index in [0.29, 0.717) is 17.4 Å². The van der Waals surface area contributed by atoms with Gasteiger partial charge in [0.1, 0.15) is 5.56 Å². The first kappa shape index (κ1) is 22.7. The summed E-state index contributed by atoms with van der Waals surface area (Å²) in [7, 11) is 0. The number of benzene rings is 2. The molecule has 2 aromatic rings. The summed E-state index contributed by atoms with van der Waals surface area (Å²) >= 11 is 0. The van der Waals surface area contributed by atoms with Gasteiger partial charge in [-0.2, -0.15) is 13.2 Å². The Morgan fingerprint density at radius 3 is 2.10 bits per heavy atom. The largest absolute Gasteiger partial charge is 0.423 e. The van der Waals surface area contributed by atoms with Crippen molar-refractivity contribution in [3.05, 3.63) is 58.1 Å². The highest BCUT2D eigenvalue weighted by atomic mass is 19.4. The lowest BCUT2D eigenvalue weighted by molar-refractivity contribution is -0.388. The summed E-state index contributed by atoms with van der Waals surface area (Å²) in [6, 6.07) is 8.91. The van der Waals surface area contributed by atoms with Gasteiger partial charge in [0.15, 0.2) is 0 Å². The van der Waals surface area contributed by atoms with Gasteiger partial charge in [-0.3, -0.25) is 19.7 Å². The molecule has 2 rings (SSSR count). The number of amides is 2. The highest BCUT2D eigenvalue weighted by Gasteiger charge is 2.38. The van der Waals surface area contributed by atoms with E-state index in [0.717, 1.165) is 6.07 Å². The fraction of sp³-hybridized carbons (Fsp3) is 0.263. The average molecular weight is 424 g/mol. The van der Waals surface area contributed by atoms with Crippen LogP contribution in [0.4, 0.5) is 35.9 Å². The number of nitro groups is 1. The van der Waals surface area contributed by atoms with Crippen LogP contribution in [0.2, 0.25) is 0 Å². The van der Waals surface area contributed by atoms with Crippen LogP contribution in [0.3, 0.4) is 0 Å². The highest BCUT2D eigenvalue weighted by molar-refractivity contribution is 5.94. The van der Waals surface area contributed by atoms with E-state index in [-0.39, 0.29) is 24.7 Å². The van der Waals surface area contributed by atoms with Gasteiger partial charge < -0.3 is 15.5 Å². The molecule has 0 aliphatic rings. The van der Waals surface area contributed by atoms with Gasteiger partial charge in [0.25, 0.3) is 5.69 Å². The van der Waals surface area contributed by atoms with E-state index in [1.54, 1.807) is 31.2 Å². The minimum atomic E-state index is -4.91. The number of hydrogen-bond acceptors (Lipinski definition) is 5. The van der Waals surface area contributed by atoms with Crippen LogP contribution < -0.4 is 15.5 Å². The third-order valence-electron chi connectivity index (χ3n) is 4.05. The summed E-state index contributed by atoms with van der Waals surface area (Å²) in [5.74, 6) is -0.734. The zero-order valence-corrected chi connectivity index (χ0v) is 16.1. The van der Waals surface area contributed by atoms with Crippen LogP contribution in [0.5, 0.6) is 0 Å². The summed E-state index contributed by atoms with van der Waals surface area (Å²) in [5.41, 5.74) is -1.42. The molecule has 0 fully saturated rings. The SMILES string of the molecule is CCN(CC(=O)Nc1ccc(NC(C)=O)cc1)c1ccc([N+](=O)[O-])c(C(F)(F)F)c1. The van der Waals surface area contributed by atoms with E-state index in [2.05, 4.69) is 10.6 Å². The van der Waals surface area contributed by atoms with E-state index in [9.17, 15) is 32.9 Å². The lowest BCUT2D eigenvalue weighted by atomic mass is 10.1. The molecular weight excluding hydrogens is 405 g/mol. The number of nitrogens with one attached hydrogen (secondary N) is 2. The molecule has 0 saturated carbocycles. The van der Waals surface area contributed by atoms with Crippen molar-refractivity contribution in [3.8, 4) is 0 Å². The Bertz CT molecular complexity index is 946. The molecule has 0 spiro atoms. The van der Waals surface area contributed by atoms with Gasteiger partial charge in [0, 0.05) is 36.6 Å². The predicted molar refractivity (Wildman–Crippen MR) is 105 cm³/mol. The van der Waals surface area contributed by atoms with E-state index >= 15 is 0 Å². The van der Waals surface area contributed by atoms with Crippen molar-refractivity contribution in [2.45, 2.75) is 20.0 Å². The molecule has 2 N–H and O–H groups in total.